The summed E-state index contributed by atoms with van der Waals surface area (Å²) in [6, 6.07) is 9.70. The van der Waals surface area contributed by atoms with Crippen molar-refractivity contribution in [2.24, 2.45) is 0 Å². The number of nitrogens with one attached hydrogen (secondary N) is 2. The molecule has 2 aromatic rings. The van der Waals surface area contributed by atoms with Crippen molar-refractivity contribution in [1.29, 1.82) is 0 Å². The van der Waals surface area contributed by atoms with Gasteiger partial charge in [0.1, 0.15) is 4.90 Å². The Hall–Kier alpha value is -2.09. The van der Waals surface area contributed by atoms with Gasteiger partial charge in [0.05, 0.1) is 16.8 Å². The van der Waals surface area contributed by atoms with E-state index in [1.54, 1.807) is 6.07 Å². The summed E-state index contributed by atoms with van der Waals surface area (Å²) < 4.78 is 33.8. The maximum absolute atomic E-state index is 12.9. The van der Waals surface area contributed by atoms with Crippen LogP contribution in [-0.4, -0.2) is 33.6 Å². The average molecular weight is 423 g/mol. The van der Waals surface area contributed by atoms with Crippen molar-refractivity contribution in [3.8, 4) is 0 Å². The molecule has 3 rings (SSSR count). The third-order valence-corrected chi connectivity index (χ3v) is 6.48. The minimum Gasteiger partial charge on any atom is -0.376 e. The van der Waals surface area contributed by atoms with Crippen LogP contribution in [0, 0.1) is 13.8 Å². The van der Waals surface area contributed by atoms with Crippen LogP contribution in [0.25, 0.3) is 0 Å². The van der Waals surface area contributed by atoms with Crippen LogP contribution in [0.3, 0.4) is 0 Å². The zero-order valence-corrected chi connectivity index (χ0v) is 17.4. The average Bonchev–Trinajstić information content (AvgIpc) is 3.16. The molecule has 6 nitrogen and oxygen atoms in total. The first kappa shape index (κ1) is 20.6. The summed E-state index contributed by atoms with van der Waals surface area (Å²) in [7, 11) is -3.96. The van der Waals surface area contributed by atoms with Crippen LogP contribution in [0.2, 0.25) is 5.02 Å². The van der Waals surface area contributed by atoms with Crippen LogP contribution in [0.1, 0.15) is 34.3 Å². The molecule has 1 saturated heterocycles. The topological polar surface area (TPSA) is 84.5 Å². The van der Waals surface area contributed by atoms with Crippen molar-refractivity contribution in [2.45, 2.75) is 37.7 Å². The number of ether oxygens (including phenoxy) is 1. The highest BCUT2D eigenvalue weighted by molar-refractivity contribution is 7.92. The molecule has 0 bridgehead atoms. The van der Waals surface area contributed by atoms with Gasteiger partial charge in [-0.3, -0.25) is 9.52 Å². The zero-order chi connectivity index (χ0) is 20.3. The first-order chi connectivity index (χ1) is 13.3. The second-order valence-electron chi connectivity index (χ2n) is 6.91. The molecule has 1 amide bonds. The van der Waals surface area contributed by atoms with Crippen molar-refractivity contribution in [3.63, 3.8) is 0 Å². The largest absolute Gasteiger partial charge is 0.376 e. The number of hydrogen-bond acceptors (Lipinski definition) is 4. The van der Waals surface area contributed by atoms with E-state index in [9.17, 15) is 13.2 Å². The van der Waals surface area contributed by atoms with Crippen LogP contribution in [0.4, 0.5) is 5.69 Å². The predicted octanol–water partition coefficient (Wildman–Crippen LogP) is 3.67. The fraction of sp³-hybridized carbons (Fsp3) is 0.350. The highest BCUT2D eigenvalue weighted by Crippen LogP contribution is 2.27. The number of amides is 1. The number of anilines is 1. The minimum atomic E-state index is -3.96. The lowest BCUT2D eigenvalue weighted by Crippen LogP contribution is -2.31. The molecule has 1 aliphatic rings. The third kappa shape index (κ3) is 4.84. The van der Waals surface area contributed by atoms with E-state index in [1.165, 1.54) is 18.2 Å². The molecule has 150 valence electrons. The Kier molecular flexibility index (Phi) is 6.27. The number of sulfonamides is 1. The molecule has 1 aliphatic heterocycles. The predicted molar refractivity (Wildman–Crippen MR) is 109 cm³/mol. The number of rotatable bonds is 6. The van der Waals surface area contributed by atoms with Gasteiger partial charge in [0.2, 0.25) is 0 Å². The van der Waals surface area contributed by atoms with Gasteiger partial charge in [0.25, 0.3) is 15.9 Å². The van der Waals surface area contributed by atoms with E-state index in [0.29, 0.717) is 18.8 Å². The summed E-state index contributed by atoms with van der Waals surface area (Å²) in [4.78, 5) is 12.3. The molecule has 0 unspecified atom stereocenters. The van der Waals surface area contributed by atoms with Gasteiger partial charge in [-0.1, -0.05) is 23.7 Å². The molecular formula is C20H23ClN2O4S. The van der Waals surface area contributed by atoms with Crippen LogP contribution in [0.5, 0.6) is 0 Å². The lowest BCUT2D eigenvalue weighted by atomic mass is 10.1. The van der Waals surface area contributed by atoms with Crippen molar-refractivity contribution in [1.82, 2.24) is 5.32 Å². The molecule has 2 N–H and O–H groups in total. The normalized spacial score (nSPS) is 16.8. The minimum absolute atomic E-state index is 0.00501. The van der Waals surface area contributed by atoms with Crippen molar-refractivity contribution < 1.29 is 17.9 Å². The van der Waals surface area contributed by atoms with E-state index in [2.05, 4.69) is 10.0 Å². The number of hydrogen-bond donors (Lipinski definition) is 2. The van der Waals surface area contributed by atoms with E-state index >= 15 is 0 Å². The Morgan fingerprint density at radius 1 is 1.21 bits per heavy atom. The van der Waals surface area contributed by atoms with Gasteiger partial charge in [0, 0.05) is 18.7 Å². The maximum atomic E-state index is 12.9. The Labute approximate surface area is 170 Å². The van der Waals surface area contributed by atoms with Crippen LogP contribution < -0.4 is 10.0 Å². The van der Waals surface area contributed by atoms with Crippen molar-refractivity contribution >= 4 is 33.2 Å². The molecule has 0 spiro atoms. The summed E-state index contributed by atoms with van der Waals surface area (Å²) in [5.74, 6) is -0.365. The van der Waals surface area contributed by atoms with Crippen LogP contribution in [-0.2, 0) is 14.8 Å². The van der Waals surface area contributed by atoms with Crippen LogP contribution in [0.15, 0.2) is 41.3 Å². The maximum Gasteiger partial charge on any atom is 0.263 e. The van der Waals surface area contributed by atoms with E-state index in [4.69, 9.17) is 16.3 Å². The summed E-state index contributed by atoms with van der Waals surface area (Å²) in [5, 5.41) is 2.83. The number of carbonyl (C=O) groups excluding carboxylic acids is 1. The SMILES string of the molecule is Cc1ccc(C)c(NS(=O)(=O)c2cc(C(=O)NC[C@@H]3CCCO3)ccc2Cl)c1. The van der Waals surface area contributed by atoms with Gasteiger partial charge in [-0.15, -0.1) is 0 Å². The molecule has 0 aromatic heterocycles. The third-order valence-electron chi connectivity index (χ3n) is 4.63. The lowest BCUT2D eigenvalue weighted by Gasteiger charge is -2.14. The Balaban J connectivity index is 1.81. The first-order valence-corrected chi connectivity index (χ1v) is 10.9. The molecule has 1 fully saturated rings. The Morgan fingerprint density at radius 2 is 2.00 bits per heavy atom. The zero-order valence-electron chi connectivity index (χ0n) is 15.8. The van der Waals surface area contributed by atoms with Crippen LogP contribution >= 0.6 is 11.6 Å². The fourth-order valence-electron chi connectivity index (χ4n) is 3.01. The molecule has 1 atom stereocenters. The second-order valence-corrected chi connectivity index (χ2v) is 8.97. The molecule has 0 radical (unpaired) electrons. The first-order valence-electron chi connectivity index (χ1n) is 9.06. The van der Waals surface area contributed by atoms with Gasteiger partial charge in [-0.2, -0.15) is 0 Å². The summed E-state index contributed by atoms with van der Waals surface area (Å²) in [5.41, 5.74) is 2.42. The number of benzene rings is 2. The molecular weight excluding hydrogens is 400 g/mol. The van der Waals surface area contributed by atoms with Gasteiger partial charge >= 0.3 is 0 Å². The van der Waals surface area contributed by atoms with E-state index < -0.39 is 10.0 Å². The number of aryl methyl sites for hydroxylation is 2. The Bertz CT molecular complexity index is 986. The standard InChI is InChI=1S/C20H23ClN2O4S/c1-13-5-6-14(2)18(10-13)23-28(25,26)19-11-15(7-8-17(19)21)20(24)22-12-16-4-3-9-27-16/h5-8,10-11,16,23H,3-4,9,12H2,1-2H3,(H,22,24)/t16-/m0/s1. The molecule has 1 heterocycles. The summed E-state index contributed by atoms with van der Waals surface area (Å²) in [6.07, 6.45) is 1.89. The van der Waals surface area contributed by atoms with Gasteiger partial charge in [0.15, 0.2) is 0 Å². The van der Waals surface area contributed by atoms with Gasteiger partial charge < -0.3 is 10.1 Å². The van der Waals surface area contributed by atoms with Crippen molar-refractivity contribution in [3.05, 3.63) is 58.1 Å². The smallest absolute Gasteiger partial charge is 0.263 e. The Morgan fingerprint density at radius 3 is 2.71 bits per heavy atom. The van der Waals surface area contributed by atoms with Gasteiger partial charge in [-0.25, -0.2) is 8.42 Å². The highest BCUT2D eigenvalue weighted by Gasteiger charge is 2.22. The van der Waals surface area contributed by atoms with E-state index in [0.717, 1.165) is 24.0 Å². The summed E-state index contributed by atoms with van der Waals surface area (Å²) >= 11 is 6.13. The molecule has 0 aliphatic carbocycles. The van der Waals surface area contributed by atoms with Crippen molar-refractivity contribution in [2.75, 3.05) is 17.9 Å². The second kappa shape index (κ2) is 8.51. The highest BCUT2D eigenvalue weighted by atomic mass is 35.5. The number of halogens is 1. The lowest BCUT2D eigenvalue weighted by molar-refractivity contribution is 0.0857. The molecule has 28 heavy (non-hydrogen) atoms. The molecule has 2 aromatic carbocycles. The van der Waals surface area contributed by atoms with Gasteiger partial charge in [-0.05, 0) is 62.1 Å². The number of carbonyl (C=O) groups is 1. The quantitative estimate of drug-likeness (QED) is 0.743. The fourth-order valence-corrected chi connectivity index (χ4v) is 4.66. The molecule has 8 heteroatoms. The molecule has 0 saturated carbocycles. The monoisotopic (exact) mass is 422 g/mol. The van der Waals surface area contributed by atoms with E-state index in [-0.39, 0.29) is 27.5 Å². The summed E-state index contributed by atoms with van der Waals surface area (Å²) in [6.45, 7) is 4.79. The van der Waals surface area contributed by atoms with E-state index in [1.807, 2.05) is 26.0 Å².